The summed E-state index contributed by atoms with van der Waals surface area (Å²) >= 11 is 0. The number of nitrogens with one attached hydrogen (secondary N) is 1. The molecule has 88 valence electrons. The Bertz CT molecular complexity index is 350. The number of aryl methyl sites for hydroxylation is 1. The fraction of sp³-hybridized carbons (Fsp3) is 0.462. The van der Waals surface area contributed by atoms with E-state index in [0.29, 0.717) is 19.0 Å². The van der Waals surface area contributed by atoms with Crippen molar-refractivity contribution in [1.82, 2.24) is 5.32 Å². The first-order chi connectivity index (χ1) is 7.63. The maximum atomic E-state index is 11.8. The largest absolute Gasteiger partial charge is 0.352 e. The molecule has 0 heterocycles. The number of carbonyl (C=O) groups is 1. The van der Waals surface area contributed by atoms with Crippen LogP contribution in [0.3, 0.4) is 0 Å². The number of benzene rings is 1. The van der Waals surface area contributed by atoms with Crippen molar-refractivity contribution in [2.75, 3.05) is 13.1 Å². The molecule has 1 unspecified atom stereocenters. The molecule has 0 fully saturated rings. The molecule has 1 aromatic rings. The number of rotatable bonds is 5. The Kier molecular flexibility index (Phi) is 4.99. The van der Waals surface area contributed by atoms with Crippen molar-refractivity contribution in [2.45, 2.75) is 20.3 Å². The molecule has 3 N–H and O–H groups in total. The van der Waals surface area contributed by atoms with Crippen molar-refractivity contribution in [1.29, 1.82) is 0 Å². The molecule has 1 rings (SSSR count). The number of carbonyl (C=O) groups excluding carboxylic acids is 1. The Morgan fingerprint density at radius 1 is 1.50 bits per heavy atom. The quantitative estimate of drug-likeness (QED) is 0.793. The van der Waals surface area contributed by atoms with E-state index in [0.717, 1.165) is 17.5 Å². The Morgan fingerprint density at radius 2 is 2.25 bits per heavy atom. The van der Waals surface area contributed by atoms with Crippen molar-refractivity contribution in [3.05, 3.63) is 35.4 Å². The number of amides is 1. The predicted octanol–water partition coefficient (Wildman–Crippen LogP) is 1.71. The second-order valence-corrected chi connectivity index (χ2v) is 4.26. The molecule has 0 spiro atoms. The molecule has 16 heavy (non-hydrogen) atoms. The lowest BCUT2D eigenvalue weighted by Crippen LogP contribution is -2.29. The summed E-state index contributed by atoms with van der Waals surface area (Å²) in [5, 5.41) is 2.92. The monoisotopic (exact) mass is 220 g/mol. The third-order valence-corrected chi connectivity index (χ3v) is 2.55. The summed E-state index contributed by atoms with van der Waals surface area (Å²) in [4.78, 5) is 11.8. The average molecular weight is 220 g/mol. The van der Waals surface area contributed by atoms with Crippen LogP contribution < -0.4 is 11.1 Å². The highest BCUT2D eigenvalue weighted by Gasteiger charge is 2.07. The van der Waals surface area contributed by atoms with Gasteiger partial charge in [-0.3, -0.25) is 4.79 Å². The van der Waals surface area contributed by atoms with Crippen LogP contribution in [0, 0.1) is 12.8 Å². The molecule has 0 saturated carbocycles. The van der Waals surface area contributed by atoms with Gasteiger partial charge in [0, 0.05) is 12.1 Å². The lowest BCUT2D eigenvalue weighted by atomic mass is 10.1. The van der Waals surface area contributed by atoms with Crippen LogP contribution in [0.2, 0.25) is 0 Å². The maximum Gasteiger partial charge on any atom is 0.251 e. The van der Waals surface area contributed by atoms with Crippen LogP contribution in [-0.2, 0) is 0 Å². The number of hydrogen-bond acceptors (Lipinski definition) is 2. The summed E-state index contributed by atoms with van der Waals surface area (Å²) in [5.41, 5.74) is 7.28. The summed E-state index contributed by atoms with van der Waals surface area (Å²) in [7, 11) is 0. The SMILES string of the molecule is Cc1cccc(C(=O)NCC(C)CCN)c1. The Morgan fingerprint density at radius 3 is 2.88 bits per heavy atom. The fourth-order valence-electron chi connectivity index (χ4n) is 1.54. The first-order valence-electron chi connectivity index (χ1n) is 5.68. The smallest absolute Gasteiger partial charge is 0.251 e. The van der Waals surface area contributed by atoms with Crippen LogP contribution in [0.4, 0.5) is 0 Å². The standard InChI is InChI=1S/C13H20N2O/c1-10-4-3-5-12(8-10)13(16)15-9-11(2)6-7-14/h3-5,8,11H,6-7,9,14H2,1-2H3,(H,15,16). The van der Waals surface area contributed by atoms with Gasteiger partial charge in [-0.15, -0.1) is 0 Å². The predicted molar refractivity (Wildman–Crippen MR) is 66.3 cm³/mol. The summed E-state index contributed by atoms with van der Waals surface area (Å²) in [6.07, 6.45) is 0.939. The van der Waals surface area contributed by atoms with E-state index in [9.17, 15) is 4.79 Å². The average Bonchev–Trinajstić information content (AvgIpc) is 2.26. The van der Waals surface area contributed by atoms with Gasteiger partial charge in [0.15, 0.2) is 0 Å². The zero-order chi connectivity index (χ0) is 12.0. The summed E-state index contributed by atoms with van der Waals surface area (Å²) in [5.74, 6) is 0.423. The van der Waals surface area contributed by atoms with Crippen LogP contribution in [0.15, 0.2) is 24.3 Å². The molecule has 0 radical (unpaired) electrons. The Hall–Kier alpha value is -1.35. The molecule has 3 heteroatoms. The zero-order valence-electron chi connectivity index (χ0n) is 9.99. The normalized spacial score (nSPS) is 12.2. The van der Waals surface area contributed by atoms with Crippen molar-refractivity contribution in [3.63, 3.8) is 0 Å². The van der Waals surface area contributed by atoms with Gasteiger partial charge >= 0.3 is 0 Å². The van der Waals surface area contributed by atoms with Crippen LogP contribution in [-0.4, -0.2) is 19.0 Å². The topological polar surface area (TPSA) is 55.1 Å². The van der Waals surface area contributed by atoms with Crippen molar-refractivity contribution in [3.8, 4) is 0 Å². The minimum atomic E-state index is -0.00688. The van der Waals surface area contributed by atoms with Gasteiger partial charge in [-0.1, -0.05) is 24.6 Å². The van der Waals surface area contributed by atoms with E-state index in [1.165, 1.54) is 0 Å². The van der Waals surface area contributed by atoms with Crippen molar-refractivity contribution < 1.29 is 4.79 Å². The van der Waals surface area contributed by atoms with Gasteiger partial charge in [0.05, 0.1) is 0 Å². The van der Waals surface area contributed by atoms with Gasteiger partial charge in [-0.25, -0.2) is 0 Å². The highest BCUT2D eigenvalue weighted by Crippen LogP contribution is 2.04. The minimum absolute atomic E-state index is 0.00688. The molecule has 1 aromatic carbocycles. The summed E-state index contributed by atoms with van der Waals surface area (Å²) < 4.78 is 0. The molecule has 0 saturated heterocycles. The number of hydrogen-bond donors (Lipinski definition) is 2. The minimum Gasteiger partial charge on any atom is -0.352 e. The third kappa shape index (κ3) is 4.03. The van der Waals surface area contributed by atoms with Gasteiger partial charge in [0.1, 0.15) is 0 Å². The van der Waals surface area contributed by atoms with E-state index in [1.807, 2.05) is 31.2 Å². The lowest BCUT2D eigenvalue weighted by molar-refractivity contribution is 0.0947. The van der Waals surface area contributed by atoms with Gasteiger partial charge in [-0.2, -0.15) is 0 Å². The lowest BCUT2D eigenvalue weighted by Gasteiger charge is -2.11. The van der Waals surface area contributed by atoms with Gasteiger partial charge in [0.25, 0.3) is 5.91 Å². The first-order valence-corrected chi connectivity index (χ1v) is 5.68. The van der Waals surface area contributed by atoms with E-state index in [1.54, 1.807) is 0 Å². The highest BCUT2D eigenvalue weighted by molar-refractivity contribution is 5.94. The van der Waals surface area contributed by atoms with Gasteiger partial charge in [-0.05, 0) is 37.9 Å². The molecular weight excluding hydrogens is 200 g/mol. The summed E-state index contributed by atoms with van der Waals surface area (Å²) in [6, 6.07) is 7.60. The second kappa shape index (κ2) is 6.28. The number of nitrogens with two attached hydrogens (primary N) is 1. The van der Waals surface area contributed by atoms with Crippen LogP contribution in [0.25, 0.3) is 0 Å². The second-order valence-electron chi connectivity index (χ2n) is 4.26. The van der Waals surface area contributed by atoms with E-state index in [-0.39, 0.29) is 5.91 Å². The van der Waals surface area contributed by atoms with E-state index in [4.69, 9.17) is 5.73 Å². The summed E-state index contributed by atoms with van der Waals surface area (Å²) in [6.45, 7) is 5.42. The third-order valence-electron chi connectivity index (χ3n) is 2.55. The van der Waals surface area contributed by atoms with Crippen LogP contribution in [0.5, 0.6) is 0 Å². The Labute approximate surface area is 97.0 Å². The van der Waals surface area contributed by atoms with Gasteiger partial charge < -0.3 is 11.1 Å². The highest BCUT2D eigenvalue weighted by atomic mass is 16.1. The molecule has 0 aliphatic rings. The molecule has 3 nitrogen and oxygen atoms in total. The molecule has 0 aliphatic heterocycles. The molecule has 1 amide bonds. The molecule has 0 aromatic heterocycles. The zero-order valence-corrected chi connectivity index (χ0v) is 9.99. The van der Waals surface area contributed by atoms with E-state index in [2.05, 4.69) is 12.2 Å². The van der Waals surface area contributed by atoms with Gasteiger partial charge in [0.2, 0.25) is 0 Å². The molecule has 0 aliphatic carbocycles. The van der Waals surface area contributed by atoms with Crippen LogP contribution in [0.1, 0.15) is 29.3 Å². The fourth-order valence-corrected chi connectivity index (χ4v) is 1.54. The van der Waals surface area contributed by atoms with Crippen molar-refractivity contribution in [2.24, 2.45) is 11.7 Å². The first kappa shape index (κ1) is 12.7. The van der Waals surface area contributed by atoms with Crippen molar-refractivity contribution >= 4 is 5.91 Å². The molecular formula is C13H20N2O. The molecule has 1 atom stereocenters. The van der Waals surface area contributed by atoms with Crippen LogP contribution >= 0.6 is 0 Å². The molecule has 0 bridgehead atoms. The van der Waals surface area contributed by atoms with E-state index >= 15 is 0 Å². The van der Waals surface area contributed by atoms with E-state index < -0.39 is 0 Å². The maximum absolute atomic E-state index is 11.8. The Balaban J connectivity index is 2.47.